The molecule has 0 aliphatic carbocycles. The number of hydrogen-bond donors (Lipinski definition) is 1. The van der Waals surface area contributed by atoms with E-state index in [-0.39, 0.29) is 10.6 Å². The SMILES string of the molecule is CNCCN(C)c1c([N+](=O)[O-])cnc2ccccc12. The Labute approximate surface area is 111 Å². The van der Waals surface area contributed by atoms with E-state index in [0.29, 0.717) is 12.2 Å². The van der Waals surface area contributed by atoms with E-state index in [4.69, 9.17) is 0 Å². The molecule has 1 aromatic heterocycles. The van der Waals surface area contributed by atoms with Crippen molar-refractivity contribution in [3.05, 3.63) is 40.6 Å². The number of nitrogens with one attached hydrogen (secondary N) is 1. The second-order valence-electron chi connectivity index (χ2n) is 4.29. The van der Waals surface area contributed by atoms with Gasteiger partial charge >= 0.3 is 5.69 Å². The Balaban J connectivity index is 2.58. The molecule has 0 bridgehead atoms. The highest BCUT2D eigenvalue weighted by Crippen LogP contribution is 2.33. The molecular formula is C13H16N4O2. The number of likely N-dealkylation sites (N-methyl/N-ethyl adjacent to an activating group) is 2. The molecule has 0 aliphatic heterocycles. The van der Waals surface area contributed by atoms with E-state index in [1.807, 2.05) is 43.3 Å². The molecule has 2 rings (SSSR count). The molecule has 0 unspecified atom stereocenters. The van der Waals surface area contributed by atoms with Crippen LogP contribution in [0.1, 0.15) is 0 Å². The van der Waals surface area contributed by atoms with Crippen molar-refractivity contribution in [2.24, 2.45) is 0 Å². The van der Waals surface area contributed by atoms with Gasteiger partial charge in [0.2, 0.25) is 0 Å². The van der Waals surface area contributed by atoms with Gasteiger partial charge < -0.3 is 10.2 Å². The number of fused-ring (bicyclic) bond motifs is 1. The van der Waals surface area contributed by atoms with Crippen molar-refractivity contribution in [3.63, 3.8) is 0 Å². The summed E-state index contributed by atoms with van der Waals surface area (Å²) in [6.07, 6.45) is 1.33. The number of para-hydroxylation sites is 1. The lowest BCUT2D eigenvalue weighted by molar-refractivity contribution is -0.384. The maximum Gasteiger partial charge on any atom is 0.311 e. The summed E-state index contributed by atoms with van der Waals surface area (Å²) in [5.74, 6) is 0. The number of nitro groups is 1. The zero-order valence-corrected chi connectivity index (χ0v) is 11.0. The standard InChI is InChI=1S/C13H16N4O2/c1-14-7-8-16(2)13-10-5-3-4-6-11(10)15-9-12(13)17(18)19/h3-6,9,14H,7-8H2,1-2H3. The molecule has 1 heterocycles. The minimum Gasteiger partial charge on any atom is -0.367 e. The van der Waals surface area contributed by atoms with Gasteiger partial charge in [-0.3, -0.25) is 10.1 Å². The number of benzene rings is 1. The summed E-state index contributed by atoms with van der Waals surface area (Å²) in [6, 6.07) is 7.46. The van der Waals surface area contributed by atoms with Crippen LogP contribution in [0.3, 0.4) is 0 Å². The first-order valence-electron chi connectivity index (χ1n) is 6.03. The molecule has 0 atom stereocenters. The van der Waals surface area contributed by atoms with Gasteiger partial charge in [-0.25, -0.2) is 4.98 Å². The molecule has 2 aromatic rings. The number of aromatic nitrogens is 1. The third kappa shape index (κ3) is 2.63. The molecule has 1 N–H and O–H groups in total. The number of hydrogen-bond acceptors (Lipinski definition) is 5. The van der Waals surface area contributed by atoms with Crippen molar-refractivity contribution < 1.29 is 4.92 Å². The smallest absolute Gasteiger partial charge is 0.311 e. The van der Waals surface area contributed by atoms with Gasteiger partial charge in [0.1, 0.15) is 11.9 Å². The maximum absolute atomic E-state index is 11.2. The van der Waals surface area contributed by atoms with Crippen molar-refractivity contribution >= 4 is 22.3 Å². The molecule has 1 aromatic carbocycles. The fraction of sp³-hybridized carbons (Fsp3) is 0.308. The first kappa shape index (κ1) is 13.2. The second-order valence-corrected chi connectivity index (χ2v) is 4.29. The number of anilines is 1. The van der Waals surface area contributed by atoms with E-state index in [9.17, 15) is 10.1 Å². The van der Waals surface area contributed by atoms with Crippen LogP contribution in [0.5, 0.6) is 0 Å². The van der Waals surface area contributed by atoms with Crippen molar-refractivity contribution in [2.45, 2.75) is 0 Å². The third-order valence-electron chi connectivity index (χ3n) is 3.00. The summed E-state index contributed by atoms with van der Waals surface area (Å²) in [5, 5.41) is 15.0. The summed E-state index contributed by atoms with van der Waals surface area (Å²) in [5.41, 5.74) is 1.42. The van der Waals surface area contributed by atoms with Crippen LogP contribution in [0.25, 0.3) is 10.9 Å². The van der Waals surface area contributed by atoms with Gasteiger partial charge in [0, 0.05) is 25.5 Å². The molecule has 0 amide bonds. The maximum atomic E-state index is 11.2. The van der Waals surface area contributed by atoms with Crippen LogP contribution in [-0.4, -0.2) is 37.1 Å². The average molecular weight is 260 g/mol. The quantitative estimate of drug-likeness (QED) is 0.655. The molecule has 6 heteroatoms. The van der Waals surface area contributed by atoms with E-state index in [0.717, 1.165) is 17.4 Å². The van der Waals surface area contributed by atoms with E-state index in [2.05, 4.69) is 10.3 Å². The van der Waals surface area contributed by atoms with E-state index in [1.165, 1.54) is 6.20 Å². The van der Waals surface area contributed by atoms with Crippen LogP contribution < -0.4 is 10.2 Å². The predicted octanol–water partition coefficient (Wildman–Crippen LogP) is 1.80. The van der Waals surface area contributed by atoms with Crippen molar-refractivity contribution in [1.82, 2.24) is 10.3 Å². The Morgan fingerprint density at radius 1 is 1.42 bits per heavy atom. The molecule has 0 aliphatic rings. The van der Waals surface area contributed by atoms with Gasteiger partial charge in [0.25, 0.3) is 0 Å². The lowest BCUT2D eigenvalue weighted by Gasteiger charge is -2.20. The lowest BCUT2D eigenvalue weighted by Crippen LogP contribution is -2.27. The van der Waals surface area contributed by atoms with Crippen LogP contribution in [0.4, 0.5) is 11.4 Å². The molecule has 0 fully saturated rings. The van der Waals surface area contributed by atoms with Gasteiger partial charge in [0.05, 0.1) is 10.4 Å². The minimum atomic E-state index is -0.384. The van der Waals surface area contributed by atoms with E-state index in [1.54, 1.807) is 0 Å². The lowest BCUT2D eigenvalue weighted by atomic mass is 10.1. The number of nitrogens with zero attached hydrogens (tertiary/aromatic N) is 3. The average Bonchev–Trinajstić information content (AvgIpc) is 2.43. The molecule has 0 radical (unpaired) electrons. The van der Waals surface area contributed by atoms with E-state index < -0.39 is 0 Å². The van der Waals surface area contributed by atoms with Crippen molar-refractivity contribution in [3.8, 4) is 0 Å². The zero-order chi connectivity index (χ0) is 13.8. The first-order chi connectivity index (χ1) is 9.15. The highest BCUT2D eigenvalue weighted by molar-refractivity contribution is 5.96. The monoisotopic (exact) mass is 260 g/mol. The summed E-state index contributed by atoms with van der Waals surface area (Å²) < 4.78 is 0. The van der Waals surface area contributed by atoms with Crippen molar-refractivity contribution in [2.75, 3.05) is 32.1 Å². The Morgan fingerprint density at radius 3 is 2.84 bits per heavy atom. The van der Waals surface area contributed by atoms with Crippen LogP contribution in [0, 0.1) is 10.1 Å². The minimum absolute atomic E-state index is 0.0392. The Bertz CT molecular complexity index is 600. The van der Waals surface area contributed by atoms with Gasteiger partial charge in [-0.1, -0.05) is 18.2 Å². The topological polar surface area (TPSA) is 71.3 Å². The predicted molar refractivity (Wildman–Crippen MR) is 75.6 cm³/mol. The Hall–Kier alpha value is -2.21. The third-order valence-corrected chi connectivity index (χ3v) is 3.00. The molecule has 19 heavy (non-hydrogen) atoms. The fourth-order valence-corrected chi connectivity index (χ4v) is 2.04. The molecule has 0 saturated heterocycles. The number of pyridine rings is 1. The first-order valence-corrected chi connectivity index (χ1v) is 6.03. The Kier molecular flexibility index (Phi) is 3.91. The summed E-state index contributed by atoms with van der Waals surface area (Å²) in [4.78, 5) is 16.8. The van der Waals surface area contributed by atoms with Gasteiger partial charge in [-0.15, -0.1) is 0 Å². The summed E-state index contributed by atoms with van der Waals surface area (Å²) in [6.45, 7) is 1.44. The summed E-state index contributed by atoms with van der Waals surface area (Å²) in [7, 11) is 3.71. The molecular weight excluding hydrogens is 244 g/mol. The van der Waals surface area contributed by atoms with Gasteiger partial charge in [-0.2, -0.15) is 0 Å². The molecule has 100 valence electrons. The Morgan fingerprint density at radius 2 is 2.16 bits per heavy atom. The zero-order valence-electron chi connectivity index (χ0n) is 11.0. The molecule has 0 saturated carbocycles. The molecule has 6 nitrogen and oxygen atoms in total. The summed E-state index contributed by atoms with van der Waals surface area (Å²) >= 11 is 0. The largest absolute Gasteiger partial charge is 0.367 e. The highest BCUT2D eigenvalue weighted by Gasteiger charge is 2.20. The highest BCUT2D eigenvalue weighted by atomic mass is 16.6. The van der Waals surface area contributed by atoms with Crippen LogP contribution in [0.15, 0.2) is 30.5 Å². The van der Waals surface area contributed by atoms with Gasteiger partial charge in [-0.05, 0) is 13.1 Å². The van der Waals surface area contributed by atoms with E-state index >= 15 is 0 Å². The van der Waals surface area contributed by atoms with Crippen LogP contribution in [-0.2, 0) is 0 Å². The van der Waals surface area contributed by atoms with Crippen molar-refractivity contribution in [1.29, 1.82) is 0 Å². The normalized spacial score (nSPS) is 10.6. The second kappa shape index (κ2) is 5.62. The fourth-order valence-electron chi connectivity index (χ4n) is 2.04. The number of rotatable bonds is 5. The van der Waals surface area contributed by atoms with Crippen LogP contribution in [0.2, 0.25) is 0 Å². The van der Waals surface area contributed by atoms with Crippen LogP contribution >= 0.6 is 0 Å². The molecule has 0 spiro atoms. The van der Waals surface area contributed by atoms with Gasteiger partial charge in [0.15, 0.2) is 0 Å².